The van der Waals surface area contributed by atoms with Crippen molar-refractivity contribution in [3.63, 3.8) is 0 Å². The minimum absolute atomic E-state index is 0.230. The van der Waals surface area contributed by atoms with Crippen molar-refractivity contribution in [2.45, 2.75) is 39.2 Å². The van der Waals surface area contributed by atoms with Crippen molar-refractivity contribution in [3.05, 3.63) is 47.6 Å². The van der Waals surface area contributed by atoms with Gasteiger partial charge in [0.1, 0.15) is 5.75 Å². The molecule has 98 valence electrons. The lowest BCUT2D eigenvalue weighted by molar-refractivity contribution is 0.104. The molecule has 0 fully saturated rings. The molecule has 1 aromatic rings. The number of benzene rings is 1. The first-order valence-corrected chi connectivity index (χ1v) is 6.24. The van der Waals surface area contributed by atoms with Crippen LogP contribution in [-0.4, -0.2) is 15.8 Å². The van der Waals surface area contributed by atoms with Crippen molar-refractivity contribution in [3.8, 4) is 5.75 Å². The average molecular weight is 246 g/mol. The summed E-state index contributed by atoms with van der Waals surface area (Å²) in [6.07, 6.45) is 7.13. The third kappa shape index (κ3) is 5.19. The quantitative estimate of drug-likeness (QED) is 0.773. The van der Waals surface area contributed by atoms with E-state index in [1.54, 1.807) is 31.2 Å². The number of para-hydroxylation sites is 1. The van der Waals surface area contributed by atoms with Gasteiger partial charge in [-0.15, -0.1) is 0 Å². The van der Waals surface area contributed by atoms with Crippen LogP contribution in [0.2, 0.25) is 0 Å². The maximum atomic E-state index is 10.2. The number of rotatable bonds is 5. The van der Waals surface area contributed by atoms with Gasteiger partial charge in [-0.2, -0.15) is 0 Å². The van der Waals surface area contributed by atoms with Crippen LogP contribution in [0.5, 0.6) is 5.75 Å². The lowest BCUT2D eigenvalue weighted by Crippen LogP contribution is -2.19. The van der Waals surface area contributed by atoms with E-state index in [0.29, 0.717) is 6.42 Å². The molecule has 0 saturated heterocycles. The Morgan fingerprint density at radius 3 is 2.56 bits per heavy atom. The SMILES string of the molecule is CC(C)=CCCC(C)(O)/C=C\c1ccccc1O. The highest BCUT2D eigenvalue weighted by atomic mass is 16.3. The summed E-state index contributed by atoms with van der Waals surface area (Å²) in [5.41, 5.74) is 1.13. The van der Waals surface area contributed by atoms with Gasteiger partial charge < -0.3 is 10.2 Å². The van der Waals surface area contributed by atoms with Gasteiger partial charge in [-0.3, -0.25) is 0 Å². The van der Waals surface area contributed by atoms with Crippen LogP contribution in [0.25, 0.3) is 6.08 Å². The molecule has 2 heteroatoms. The highest BCUT2D eigenvalue weighted by Gasteiger charge is 2.14. The number of hydrogen-bond acceptors (Lipinski definition) is 2. The molecule has 18 heavy (non-hydrogen) atoms. The van der Waals surface area contributed by atoms with E-state index in [4.69, 9.17) is 0 Å². The maximum absolute atomic E-state index is 10.2. The number of phenols is 1. The molecule has 1 aromatic carbocycles. The van der Waals surface area contributed by atoms with E-state index in [1.807, 2.05) is 26.0 Å². The van der Waals surface area contributed by atoms with Gasteiger partial charge in [0.15, 0.2) is 0 Å². The summed E-state index contributed by atoms with van der Waals surface area (Å²) in [6.45, 7) is 5.88. The van der Waals surface area contributed by atoms with Crippen molar-refractivity contribution in [2.24, 2.45) is 0 Å². The van der Waals surface area contributed by atoms with Gasteiger partial charge in [0.25, 0.3) is 0 Å². The molecule has 0 aliphatic heterocycles. The van der Waals surface area contributed by atoms with E-state index in [2.05, 4.69) is 6.08 Å². The Bertz CT molecular complexity index is 438. The molecule has 0 saturated carbocycles. The van der Waals surface area contributed by atoms with Gasteiger partial charge >= 0.3 is 0 Å². The summed E-state index contributed by atoms with van der Waals surface area (Å²) >= 11 is 0. The summed E-state index contributed by atoms with van der Waals surface area (Å²) in [5.74, 6) is 0.230. The molecular weight excluding hydrogens is 224 g/mol. The second-order valence-electron chi connectivity index (χ2n) is 5.07. The van der Waals surface area contributed by atoms with Gasteiger partial charge in [0.2, 0.25) is 0 Å². The fraction of sp³-hybridized carbons (Fsp3) is 0.375. The average Bonchev–Trinajstić information content (AvgIpc) is 2.27. The molecule has 0 aromatic heterocycles. The first kappa shape index (κ1) is 14.5. The minimum Gasteiger partial charge on any atom is -0.507 e. The van der Waals surface area contributed by atoms with E-state index in [-0.39, 0.29) is 5.75 Å². The van der Waals surface area contributed by atoms with E-state index >= 15 is 0 Å². The van der Waals surface area contributed by atoms with Crippen molar-refractivity contribution in [1.82, 2.24) is 0 Å². The topological polar surface area (TPSA) is 40.5 Å². The Kier molecular flexibility index (Phi) is 5.17. The fourth-order valence-corrected chi connectivity index (χ4v) is 1.63. The van der Waals surface area contributed by atoms with Gasteiger partial charge in [-0.05, 0) is 39.7 Å². The minimum atomic E-state index is -0.853. The second-order valence-corrected chi connectivity index (χ2v) is 5.07. The van der Waals surface area contributed by atoms with Crippen LogP contribution in [0, 0.1) is 0 Å². The zero-order valence-electron chi connectivity index (χ0n) is 11.4. The van der Waals surface area contributed by atoms with Gasteiger partial charge in [-0.25, -0.2) is 0 Å². The van der Waals surface area contributed by atoms with Crippen LogP contribution in [0.3, 0.4) is 0 Å². The zero-order chi connectivity index (χ0) is 13.6. The lowest BCUT2D eigenvalue weighted by Gasteiger charge is -2.18. The molecule has 0 bridgehead atoms. The molecule has 0 spiro atoms. The molecular formula is C16H22O2. The van der Waals surface area contributed by atoms with Crippen LogP contribution in [0.1, 0.15) is 39.2 Å². The van der Waals surface area contributed by atoms with E-state index in [9.17, 15) is 10.2 Å². The molecule has 1 unspecified atom stereocenters. The predicted molar refractivity (Wildman–Crippen MR) is 76.4 cm³/mol. The summed E-state index contributed by atoms with van der Waals surface area (Å²) in [4.78, 5) is 0. The smallest absolute Gasteiger partial charge is 0.122 e. The van der Waals surface area contributed by atoms with E-state index < -0.39 is 5.60 Å². The maximum Gasteiger partial charge on any atom is 0.122 e. The van der Waals surface area contributed by atoms with Crippen LogP contribution in [0.4, 0.5) is 0 Å². The Morgan fingerprint density at radius 1 is 1.28 bits per heavy atom. The van der Waals surface area contributed by atoms with Gasteiger partial charge in [0.05, 0.1) is 5.60 Å². The van der Waals surface area contributed by atoms with E-state index in [1.165, 1.54) is 5.57 Å². The van der Waals surface area contributed by atoms with E-state index in [0.717, 1.165) is 12.0 Å². The standard InChI is InChI=1S/C16H22O2/c1-13(2)7-6-11-16(3,18)12-10-14-8-4-5-9-15(14)17/h4-5,7-10,12,17-18H,6,11H2,1-3H3/b12-10-. The fourth-order valence-electron chi connectivity index (χ4n) is 1.63. The molecule has 1 atom stereocenters. The molecule has 2 N–H and O–H groups in total. The summed E-state index contributed by atoms with van der Waals surface area (Å²) in [6, 6.07) is 7.09. The summed E-state index contributed by atoms with van der Waals surface area (Å²) in [7, 11) is 0. The molecule has 0 radical (unpaired) electrons. The largest absolute Gasteiger partial charge is 0.507 e. The molecule has 0 heterocycles. The number of allylic oxidation sites excluding steroid dienone is 2. The Balaban J connectivity index is 2.65. The zero-order valence-corrected chi connectivity index (χ0v) is 11.4. The van der Waals surface area contributed by atoms with Crippen LogP contribution < -0.4 is 0 Å². The van der Waals surface area contributed by atoms with Crippen molar-refractivity contribution >= 4 is 6.08 Å². The van der Waals surface area contributed by atoms with Gasteiger partial charge in [0, 0.05) is 5.56 Å². The van der Waals surface area contributed by atoms with Crippen LogP contribution >= 0.6 is 0 Å². The lowest BCUT2D eigenvalue weighted by atomic mass is 9.98. The normalized spacial score (nSPS) is 14.4. The van der Waals surface area contributed by atoms with Gasteiger partial charge in [-0.1, -0.05) is 42.0 Å². The monoisotopic (exact) mass is 246 g/mol. The Labute approximate surface area is 109 Å². The Hall–Kier alpha value is -1.54. The third-order valence-corrected chi connectivity index (χ3v) is 2.76. The second kappa shape index (κ2) is 6.41. The Morgan fingerprint density at radius 2 is 1.94 bits per heavy atom. The van der Waals surface area contributed by atoms with Crippen LogP contribution in [-0.2, 0) is 0 Å². The first-order valence-electron chi connectivity index (χ1n) is 6.24. The predicted octanol–water partition coefficient (Wildman–Crippen LogP) is 3.90. The number of hydrogen-bond donors (Lipinski definition) is 2. The third-order valence-electron chi connectivity index (χ3n) is 2.76. The summed E-state index contributed by atoms with van der Waals surface area (Å²) < 4.78 is 0. The van der Waals surface area contributed by atoms with Crippen LogP contribution in [0.15, 0.2) is 42.0 Å². The first-order chi connectivity index (χ1) is 8.41. The molecule has 0 aliphatic carbocycles. The molecule has 1 rings (SSSR count). The van der Waals surface area contributed by atoms with Crippen molar-refractivity contribution in [2.75, 3.05) is 0 Å². The molecule has 0 aliphatic rings. The van der Waals surface area contributed by atoms with Crippen molar-refractivity contribution < 1.29 is 10.2 Å². The molecule has 2 nitrogen and oxygen atoms in total. The highest BCUT2D eigenvalue weighted by Crippen LogP contribution is 2.21. The van der Waals surface area contributed by atoms with Crippen molar-refractivity contribution in [1.29, 1.82) is 0 Å². The molecule has 0 amide bonds. The number of phenolic OH excluding ortho intramolecular Hbond substituents is 1. The highest BCUT2D eigenvalue weighted by molar-refractivity contribution is 5.57. The summed E-state index contributed by atoms with van der Waals surface area (Å²) in [5, 5.41) is 19.8. The number of aromatic hydroxyl groups is 1. The number of aliphatic hydroxyl groups is 1.